The quantitative estimate of drug-likeness (QED) is 0.899. The third-order valence-corrected chi connectivity index (χ3v) is 5.21. The summed E-state index contributed by atoms with van der Waals surface area (Å²) in [6.45, 7) is 4.34. The summed E-state index contributed by atoms with van der Waals surface area (Å²) < 4.78 is 0. The lowest BCUT2D eigenvalue weighted by Gasteiger charge is -2.36. The van der Waals surface area contributed by atoms with Crippen molar-refractivity contribution in [2.75, 3.05) is 13.1 Å². The van der Waals surface area contributed by atoms with Crippen LogP contribution in [0.1, 0.15) is 37.3 Å². The standard InChI is InChI=1S/C17H26N2/c1-2-19(17-9-5-8-15(17)12-18)16-10-13-6-3-4-7-14(13)11-16/h3-4,6-7,15-17H,2,5,8-12,18H2,1H3. The molecule has 2 aliphatic rings. The second-order valence-electron chi connectivity index (χ2n) is 6.16. The molecule has 0 amide bonds. The molecule has 0 radical (unpaired) electrons. The molecule has 1 aromatic carbocycles. The van der Waals surface area contributed by atoms with E-state index in [1.807, 2.05) is 0 Å². The molecular weight excluding hydrogens is 232 g/mol. The van der Waals surface area contributed by atoms with Crippen LogP contribution in [-0.2, 0) is 12.8 Å². The first-order valence-corrected chi connectivity index (χ1v) is 7.86. The van der Waals surface area contributed by atoms with E-state index in [1.165, 1.54) is 38.6 Å². The second-order valence-corrected chi connectivity index (χ2v) is 6.16. The lowest BCUT2D eigenvalue weighted by molar-refractivity contribution is 0.118. The average Bonchev–Trinajstić information content (AvgIpc) is 3.05. The Hall–Kier alpha value is -0.860. The van der Waals surface area contributed by atoms with Crippen molar-refractivity contribution >= 4 is 0 Å². The molecule has 2 nitrogen and oxygen atoms in total. The molecule has 2 atom stereocenters. The Labute approximate surface area is 117 Å². The Morgan fingerprint density at radius 2 is 1.84 bits per heavy atom. The maximum Gasteiger partial charge on any atom is 0.0179 e. The van der Waals surface area contributed by atoms with Crippen LogP contribution in [0.4, 0.5) is 0 Å². The lowest BCUT2D eigenvalue weighted by Crippen LogP contribution is -2.46. The highest BCUT2D eigenvalue weighted by Crippen LogP contribution is 2.34. The van der Waals surface area contributed by atoms with E-state index >= 15 is 0 Å². The number of rotatable bonds is 4. The SMILES string of the molecule is CCN(C1Cc2ccccc2C1)C1CCCC1CN. The van der Waals surface area contributed by atoms with Gasteiger partial charge in [-0.2, -0.15) is 0 Å². The number of likely N-dealkylation sites (N-methyl/N-ethyl adjacent to an activating group) is 1. The molecule has 3 rings (SSSR count). The molecule has 1 saturated carbocycles. The summed E-state index contributed by atoms with van der Waals surface area (Å²) in [5, 5.41) is 0. The van der Waals surface area contributed by atoms with Gasteiger partial charge in [-0.05, 0) is 55.8 Å². The third kappa shape index (κ3) is 2.44. The van der Waals surface area contributed by atoms with Gasteiger partial charge in [0.05, 0.1) is 0 Å². The molecule has 2 aliphatic carbocycles. The van der Waals surface area contributed by atoms with Crippen LogP contribution in [-0.4, -0.2) is 30.1 Å². The van der Waals surface area contributed by atoms with E-state index in [-0.39, 0.29) is 0 Å². The van der Waals surface area contributed by atoms with E-state index in [0.29, 0.717) is 6.04 Å². The van der Waals surface area contributed by atoms with Crippen molar-refractivity contribution in [1.82, 2.24) is 4.90 Å². The Bertz CT molecular complexity index is 404. The van der Waals surface area contributed by atoms with Crippen LogP contribution in [0.2, 0.25) is 0 Å². The van der Waals surface area contributed by atoms with E-state index in [0.717, 1.165) is 18.5 Å². The molecule has 1 fully saturated rings. The van der Waals surface area contributed by atoms with Gasteiger partial charge in [0, 0.05) is 12.1 Å². The van der Waals surface area contributed by atoms with E-state index < -0.39 is 0 Å². The van der Waals surface area contributed by atoms with Crippen molar-refractivity contribution in [3.8, 4) is 0 Å². The van der Waals surface area contributed by atoms with Crippen molar-refractivity contribution in [3.63, 3.8) is 0 Å². The minimum atomic E-state index is 0.708. The van der Waals surface area contributed by atoms with Crippen molar-refractivity contribution < 1.29 is 0 Å². The van der Waals surface area contributed by atoms with Crippen LogP contribution in [0.15, 0.2) is 24.3 Å². The van der Waals surface area contributed by atoms with Crippen LogP contribution in [0.5, 0.6) is 0 Å². The Morgan fingerprint density at radius 1 is 1.16 bits per heavy atom. The smallest absolute Gasteiger partial charge is 0.0179 e. The first kappa shape index (κ1) is 13.1. The number of nitrogens with zero attached hydrogens (tertiary/aromatic N) is 1. The van der Waals surface area contributed by atoms with Crippen molar-refractivity contribution in [2.24, 2.45) is 11.7 Å². The zero-order valence-corrected chi connectivity index (χ0v) is 12.0. The zero-order valence-electron chi connectivity index (χ0n) is 12.0. The van der Waals surface area contributed by atoms with Crippen LogP contribution in [0.3, 0.4) is 0 Å². The highest BCUT2D eigenvalue weighted by Gasteiger charge is 2.36. The summed E-state index contributed by atoms with van der Waals surface area (Å²) in [5.74, 6) is 0.726. The summed E-state index contributed by atoms with van der Waals surface area (Å²) in [4.78, 5) is 2.75. The fraction of sp³-hybridized carbons (Fsp3) is 0.647. The summed E-state index contributed by atoms with van der Waals surface area (Å²) in [7, 11) is 0. The molecule has 1 aromatic rings. The molecule has 0 aliphatic heterocycles. The number of fused-ring (bicyclic) bond motifs is 1. The molecule has 2 heteroatoms. The van der Waals surface area contributed by atoms with Crippen molar-refractivity contribution in [1.29, 1.82) is 0 Å². The van der Waals surface area contributed by atoms with Crippen LogP contribution in [0, 0.1) is 5.92 Å². The Kier molecular flexibility index (Phi) is 3.90. The normalized spacial score (nSPS) is 27.1. The fourth-order valence-electron chi connectivity index (χ4n) is 4.26. The average molecular weight is 258 g/mol. The van der Waals surface area contributed by atoms with E-state index in [1.54, 1.807) is 11.1 Å². The van der Waals surface area contributed by atoms with Crippen LogP contribution in [0.25, 0.3) is 0 Å². The minimum absolute atomic E-state index is 0.708. The predicted octanol–water partition coefficient (Wildman–Crippen LogP) is 2.60. The molecule has 2 unspecified atom stereocenters. The minimum Gasteiger partial charge on any atom is -0.330 e. The summed E-state index contributed by atoms with van der Waals surface area (Å²) in [6.07, 6.45) is 6.51. The number of hydrogen-bond donors (Lipinski definition) is 1. The van der Waals surface area contributed by atoms with Crippen LogP contribution < -0.4 is 5.73 Å². The van der Waals surface area contributed by atoms with Gasteiger partial charge in [0.2, 0.25) is 0 Å². The third-order valence-electron chi connectivity index (χ3n) is 5.21. The molecule has 0 spiro atoms. The van der Waals surface area contributed by atoms with Gasteiger partial charge in [-0.1, -0.05) is 37.6 Å². The van der Waals surface area contributed by atoms with Crippen LogP contribution >= 0.6 is 0 Å². The van der Waals surface area contributed by atoms with Gasteiger partial charge in [-0.25, -0.2) is 0 Å². The molecule has 0 heterocycles. The van der Waals surface area contributed by atoms with Gasteiger partial charge in [-0.15, -0.1) is 0 Å². The number of nitrogens with two attached hydrogens (primary N) is 1. The summed E-state index contributed by atoms with van der Waals surface area (Å²) >= 11 is 0. The van der Waals surface area contributed by atoms with Gasteiger partial charge in [0.15, 0.2) is 0 Å². The highest BCUT2D eigenvalue weighted by atomic mass is 15.2. The van der Waals surface area contributed by atoms with E-state index in [2.05, 4.69) is 36.1 Å². The maximum atomic E-state index is 5.97. The van der Waals surface area contributed by atoms with Gasteiger partial charge < -0.3 is 5.73 Å². The molecule has 19 heavy (non-hydrogen) atoms. The summed E-state index contributed by atoms with van der Waals surface area (Å²) in [6, 6.07) is 10.4. The molecule has 2 N–H and O–H groups in total. The van der Waals surface area contributed by atoms with Gasteiger partial charge in [0.1, 0.15) is 0 Å². The van der Waals surface area contributed by atoms with Crippen molar-refractivity contribution in [2.45, 2.75) is 51.1 Å². The molecule has 104 valence electrons. The second kappa shape index (κ2) is 5.64. The first-order valence-electron chi connectivity index (χ1n) is 7.86. The fourth-order valence-corrected chi connectivity index (χ4v) is 4.26. The molecular formula is C17H26N2. The summed E-state index contributed by atoms with van der Waals surface area (Å²) in [5.41, 5.74) is 9.10. The monoisotopic (exact) mass is 258 g/mol. The Morgan fingerprint density at radius 3 is 2.42 bits per heavy atom. The highest BCUT2D eigenvalue weighted by molar-refractivity contribution is 5.33. The first-order chi connectivity index (χ1) is 9.33. The molecule has 0 saturated heterocycles. The number of hydrogen-bond acceptors (Lipinski definition) is 2. The largest absolute Gasteiger partial charge is 0.330 e. The van der Waals surface area contributed by atoms with Gasteiger partial charge in [0.25, 0.3) is 0 Å². The van der Waals surface area contributed by atoms with Gasteiger partial charge >= 0.3 is 0 Å². The molecule has 0 bridgehead atoms. The van der Waals surface area contributed by atoms with E-state index in [4.69, 9.17) is 5.73 Å². The van der Waals surface area contributed by atoms with E-state index in [9.17, 15) is 0 Å². The topological polar surface area (TPSA) is 29.3 Å². The predicted molar refractivity (Wildman–Crippen MR) is 80.2 cm³/mol. The molecule has 0 aromatic heterocycles. The van der Waals surface area contributed by atoms with Crippen molar-refractivity contribution in [3.05, 3.63) is 35.4 Å². The maximum absolute atomic E-state index is 5.97. The van der Waals surface area contributed by atoms with Gasteiger partial charge in [-0.3, -0.25) is 4.90 Å². The Balaban J connectivity index is 1.74. The number of benzene rings is 1. The zero-order chi connectivity index (χ0) is 13.2. The lowest BCUT2D eigenvalue weighted by atomic mass is 9.99.